The van der Waals surface area contributed by atoms with Crippen molar-refractivity contribution in [3.8, 4) is 0 Å². The Morgan fingerprint density at radius 3 is 2.42 bits per heavy atom. The van der Waals surface area contributed by atoms with Gasteiger partial charge in [0.15, 0.2) is 0 Å². The maximum atomic E-state index is 12.1. The van der Waals surface area contributed by atoms with E-state index in [1.165, 1.54) is 0 Å². The quantitative estimate of drug-likeness (QED) is 0.845. The van der Waals surface area contributed by atoms with Gasteiger partial charge in [0.2, 0.25) is 11.6 Å². The lowest BCUT2D eigenvalue weighted by molar-refractivity contribution is -0.112. The van der Waals surface area contributed by atoms with Crippen LogP contribution in [0.3, 0.4) is 0 Å². The summed E-state index contributed by atoms with van der Waals surface area (Å²) in [5, 5.41) is 10.2. The number of Topliss-reactive ketones (excluding diaryl/α,β-unsaturated/α-hetero) is 2. The summed E-state index contributed by atoms with van der Waals surface area (Å²) in [5.41, 5.74) is 1.96. The number of ketones is 2. The number of rotatable bonds is 3. The number of aliphatic hydroxyl groups is 1. The van der Waals surface area contributed by atoms with Crippen molar-refractivity contribution in [2.45, 2.75) is 33.6 Å². The minimum absolute atomic E-state index is 0.0275. The van der Waals surface area contributed by atoms with Gasteiger partial charge in [-0.3, -0.25) is 9.59 Å². The number of aryl methyl sites for hydroxylation is 1. The van der Waals surface area contributed by atoms with Crippen LogP contribution in [0.1, 0.15) is 48.2 Å². The molecule has 0 unspecified atom stereocenters. The third-order valence-corrected chi connectivity index (χ3v) is 3.41. The Balaban J connectivity index is 2.49. The number of carbonyl (C=O) groups is 2. The Bertz CT molecular complexity index is 580. The molecule has 0 spiro atoms. The molecule has 1 aliphatic rings. The fraction of sp³-hybridized carbons (Fsp3) is 0.375. The Kier molecular flexibility index (Phi) is 3.56. The molecule has 0 atom stereocenters. The molecule has 3 nitrogen and oxygen atoms in total. The molecule has 19 heavy (non-hydrogen) atoms. The van der Waals surface area contributed by atoms with Gasteiger partial charge in [-0.1, -0.05) is 31.5 Å². The average Bonchev–Trinajstić information content (AvgIpc) is 2.35. The number of fused-ring (bicyclic) bond motifs is 1. The summed E-state index contributed by atoms with van der Waals surface area (Å²) in [6.45, 7) is 5.95. The summed E-state index contributed by atoms with van der Waals surface area (Å²) < 4.78 is 0. The van der Waals surface area contributed by atoms with Crippen molar-refractivity contribution in [3.63, 3.8) is 0 Å². The van der Waals surface area contributed by atoms with Crippen molar-refractivity contribution >= 4 is 17.3 Å². The Labute approximate surface area is 113 Å². The lowest BCUT2D eigenvalue weighted by atomic mass is 9.85. The van der Waals surface area contributed by atoms with Gasteiger partial charge < -0.3 is 5.11 Å². The first-order valence-electron chi connectivity index (χ1n) is 6.54. The molecule has 100 valence electrons. The molecule has 0 aliphatic heterocycles. The standard InChI is InChI=1S/C16H18O3/c1-9(2)4-6-12-14(17)11-7-5-10(3)8-13(11)16(19)15(12)18/h5,7-9,17H,4,6H2,1-3H3. The summed E-state index contributed by atoms with van der Waals surface area (Å²) >= 11 is 0. The monoisotopic (exact) mass is 258 g/mol. The normalized spacial score (nSPS) is 15.2. The molecule has 1 aromatic carbocycles. The second-order valence-electron chi connectivity index (χ2n) is 5.47. The molecule has 0 heterocycles. The van der Waals surface area contributed by atoms with Gasteiger partial charge >= 0.3 is 0 Å². The second kappa shape index (κ2) is 5.00. The number of hydrogen-bond donors (Lipinski definition) is 1. The third-order valence-electron chi connectivity index (χ3n) is 3.41. The SMILES string of the molecule is Cc1ccc2c(c1)C(=O)C(=O)C(CCC(C)C)=C2O. The third kappa shape index (κ3) is 2.46. The predicted molar refractivity (Wildman–Crippen MR) is 74.1 cm³/mol. The zero-order chi connectivity index (χ0) is 14.2. The minimum Gasteiger partial charge on any atom is -0.507 e. The highest BCUT2D eigenvalue weighted by molar-refractivity contribution is 6.52. The van der Waals surface area contributed by atoms with E-state index < -0.39 is 11.6 Å². The lowest BCUT2D eigenvalue weighted by Crippen LogP contribution is -2.24. The largest absolute Gasteiger partial charge is 0.507 e. The van der Waals surface area contributed by atoms with Gasteiger partial charge in [0.1, 0.15) is 5.76 Å². The van der Waals surface area contributed by atoms with Crippen LogP contribution >= 0.6 is 0 Å². The van der Waals surface area contributed by atoms with E-state index in [0.29, 0.717) is 23.5 Å². The summed E-state index contributed by atoms with van der Waals surface area (Å²) in [4.78, 5) is 24.1. The van der Waals surface area contributed by atoms with Gasteiger partial charge in [0, 0.05) is 16.7 Å². The van der Waals surface area contributed by atoms with E-state index in [2.05, 4.69) is 0 Å². The van der Waals surface area contributed by atoms with E-state index in [0.717, 1.165) is 12.0 Å². The van der Waals surface area contributed by atoms with Crippen LogP contribution in [0.2, 0.25) is 0 Å². The molecular formula is C16H18O3. The number of allylic oxidation sites excluding steroid dienone is 1. The first-order chi connectivity index (χ1) is 8.91. The molecule has 2 rings (SSSR count). The molecule has 3 heteroatoms. The highest BCUT2D eigenvalue weighted by Crippen LogP contribution is 2.31. The molecule has 0 aromatic heterocycles. The van der Waals surface area contributed by atoms with Crippen LogP contribution in [0.5, 0.6) is 0 Å². The molecule has 0 amide bonds. The van der Waals surface area contributed by atoms with Gasteiger partial charge in [-0.05, 0) is 31.7 Å². The fourth-order valence-electron chi connectivity index (χ4n) is 2.25. The van der Waals surface area contributed by atoms with E-state index in [1.54, 1.807) is 12.1 Å². The van der Waals surface area contributed by atoms with Gasteiger partial charge in [-0.15, -0.1) is 0 Å². The summed E-state index contributed by atoms with van der Waals surface area (Å²) in [6, 6.07) is 5.20. The smallest absolute Gasteiger partial charge is 0.234 e. The first-order valence-corrected chi connectivity index (χ1v) is 6.54. The van der Waals surface area contributed by atoms with Crippen LogP contribution in [-0.4, -0.2) is 16.7 Å². The Morgan fingerprint density at radius 1 is 1.11 bits per heavy atom. The Hall–Kier alpha value is -1.90. The zero-order valence-corrected chi connectivity index (χ0v) is 11.5. The molecule has 0 bridgehead atoms. The summed E-state index contributed by atoms with van der Waals surface area (Å²) in [5.74, 6) is -0.672. The van der Waals surface area contributed by atoms with Crippen LogP contribution in [0.25, 0.3) is 5.76 Å². The van der Waals surface area contributed by atoms with Crippen molar-refractivity contribution < 1.29 is 14.7 Å². The van der Waals surface area contributed by atoms with Crippen LogP contribution < -0.4 is 0 Å². The molecule has 0 saturated heterocycles. The van der Waals surface area contributed by atoms with E-state index in [9.17, 15) is 14.7 Å². The summed E-state index contributed by atoms with van der Waals surface area (Å²) in [7, 11) is 0. The zero-order valence-electron chi connectivity index (χ0n) is 11.5. The van der Waals surface area contributed by atoms with Crippen LogP contribution in [0.4, 0.5) is 0 Å². The molecular weight excluding hydrogens is 240 g/mol. The molecule has 0 saturated carbocycles. The molecule has 0 radical (unpaired) electrons. The van der Waals surface area contributed by atoms with Crippen LogP contribution in [-0.2, 0) is 4.79 Å². The maximum Gasteiger partial charge on any atom is 0.234 e. The average molecular weight is 258 g/mol. The van der Waals surface area contributed by atoms with Gasteiger partial charge in [0.05, 0.1) is 0 Å². The van der Waals surface area contributed by atoms with Crippen molar-refractivity contribution in [2.75, 3.05) is 0 Å². The maximum absolute atomic E-state index is 12.1. The number of carbonyl (C=O) groups excluding carboxylic acids is 2. The summed E-state index contributed by atoms with van der Waals surface area (Å²) in [6.07, 6.45) is 1.22. The van der Waals surface area contributed by atoms with Crippen molar-refractivity contribution in [3.05, 3.63) is 40.5 Å². The molecule has 1 aliphatic carbocycles. The van der Waals surface area contributed by atoms with E-state index in [4.69, 9.17) is 0 Å². The lowest BCUT2D eigenvalue weighted by Gasteiger charge is -2.18. The van der Waals surface area contributed by atoms with Gasteiger partial charge in [-0.25, -0.2) is 0 Å². The number of aliphatic hydroxyl groups excluding tert-OH is 1. The van der Waals surface area contributed by atoms with Gasteiger partial charge in [0.25, 0.3) is 0 Å². The molecule has 0 fully saturated rings. The van der Waals surface area contributed by atoms with E-state index in [-0.39, 0.29) is 11.3 Å². The predicted octanol–water partition coefficient (Wildman–Crippen LogP) is 3.47. The second-order valence-corrected chi connectivity index (χ2v) is 5.47. The van der Waals surface area contributed by atoms with Crippen molar-refractivity contribution in [1.29, 1.82) is 0 Å². The molecule has 1 N–H and O–H groups in total. The minimum atomic E-state index is -0.559. The molecule has 1 aromatic rings. The van der Waals surface area contributed by atoms with Crippen molar-refractivity contribution in [1.82, 2.24) is 0 Å². The van der Waals surface area contributed by atoms with Gasteiger partial charge in [-0.2, -0.15) is 0 Å². The van der Waals surface area contributed by atoms with Crippen LogP contribution in [0.15, 0.2) is 23.8 Å². The highest BCUT2D eigenvalue weighted by atomic mass is 16.3. The fourth-order valence-corrected chi connectivity index (χ4v) is 2.25. The number of hydrogen-bond acceptors (Lipinski definition) is 3. The van der Waals surface area contributed by atoms with Crippen molar-refractivity contribution in [2.24, 2.45) is 5.92 Å². The topological polar surface area (TPSA) is 54.4 Å². The van der Waals surface area contributed by atoms with E-state index in [1.807, 2.05) is 26.8 Å². The van der Waals surface area contributed by atoms with E-state index >= 15 is 0 Å². The Morgan fingerprint density at radius 2 is 1.79 bits per heavy atom. The first kappa shape index (κ1) is 13.5. The highest BCUT2D eigenvalue weighted by Gasteiger charge is 2.32. The number of benzene rings is 1. The van der Waals surface area contributed by atoms with Crippen LogP contribution in [0, 0.1) is 12.8 Å².